The highest BCUT2D eigenvalue weighted by Gasteiger charge is 2.38. The number of H-pyrrole nitrogens is 1. The van der Waals surface area contributed by atoms with Crippen molar-refractivity contribution in [3.8, 4) is 0 Å². The topological polar surface area (TPSA) is 95.2 Å². The Labute approximate surface area is 111 Å². The molecule has 3 rings (SSSR count). The molecule has 2 aliphatic heterocycles. The lowest BCUT2D eigenvalue weighted by atomic mass is 9.86. The molecule has 0 aromatic carbocycles. The molecule has 2 fully saturated rings. The van der Waals surface area contributed by atoms with Gasteiger partial charge in [0.1, 0.15) is 4.90 Å². The lowest BCUT2D eigenvalue weighted by Gasteiger charge is -2.40. The van der Waals surface area contributed by atoms with Gasteiger partial charge in [-0.1, -0.05) is 0 Å². The van der Waals surface area contributed by atoms with E-state index >= 15 is 0 Å². The number of hydrogen-bond donors (Lipinski definition) is 2. The van der Waals surface area contributed by atoms with Crippen LogP contribution in [-0.2, 0) is 14.8 Å². The molecule has 2 unspecified atom stereocenters. The summed E-state index contributed by atoms with van der Waals surface area (Å²) in [5, 5.41) is 9.16. The Morgan fingerprint density at radius 1 is 1.37 bits per heavy atom. The van der Waals surface area contributed by atoms with Gasteiger partial charge >= 0.3 is 0 Å². The molecule has 8 heteroatoms. The SMILES string of the molecule is O=C1CCC2CN(S(=O)(=O)c3cn[nH]c3)CCC2N1. The Hall–Kier alpha value is -1.41. The van der Waals surface area contributed by atoms with Gasteiger partial charge in [0.25, 0.3) is 0 Å². The van der Waals surface area contributed by atoms with Gasteiger partial charge in [-0.3, -0.25) is 9.89 Å². The second-order valence-electron chi connectivity index (χ2n) is 5.06. The molecule has 3 heterocycles. The molecule has 2 atom stereocenters. The summed E-state index contributed by atoms with van der Waals surface area (Å²) in [6.45, 7) is 0.910. The molecule has 1 aromatic rings. The zero-order valence-electron chi connectivity index (χ0n) is 10.4. The molecule has 0 spiro atoms. The maximum absolute atomic E-state index is 12.4. The summed E-state index contributed by atoms with van der Waals surface area (Å²) in [4.78, 5) is 11.5. The van der Waals surface area contributed by atoms with Gasteiger partial charge in [0.2, 0.25) is 15.9 Å². The van der Waals surface area contributed by atoms with Crippen molar-refractivity contribution in [2.24, 2.45) is 5.92 Å². The maximum Gasteiger partial charge on any atom is 0.246 e. The highest BCUT2D eigenvalue weighted by Crippen LogP contribution is 2.28. The number of hydrogen-bond acceptors (Lipinski definition) is 4. The first-order valence-electron chi connectivity index (χ1n) is 6.35. The minimum Gasteiger partial charge on any atom is -0.353 e. The second kappa shape index (κ2) is 4.61. The van der Waals surface area contributed by atoms with E-state index in [0.29, 0.717) is 25.9 Å². The number of nitrogens with one attached hydrogen (secondary N) is 2. The molecule has 1 aromatic heterocycles. The summed E-state index contributed by atoms with van der Waals surface area (Å²) in [5.74, 6) is 0.292. The van der Waals surface area contributed by atoms with Crippen molar-refractivity contribution < 1.29 is 13.2 Å². The van der Waals surface area contributed by atoms with Gasteiger partial charge in [0.15, 0.2) is 0 Å². The largest absolute Gasteiger partial charge is 0.353 e. The molecule has 2 aliphatic rings. The number of rotatable bonds is 2. The fourth-order valence-corrected chi connectivity index (χ4v) is 4.24. The molecular formula is C11H16N4O3S. The fourth-order valence-electron chi connectivity index (χ4n) is 2.82. The number of nitrogens with zero attached hydrogens (tertiary/aromatic N) is 2. The lowest BCUT2D eigenvalue weighted by molar-refractivity contribution is -0.124. The average Bonchev–Trinajstić information content (AvgIpc) is 2.92. The summed E-state index contributed by atoms with van der Waals surface area (Å²) in [7, 11) is -3.46. The Balaban J connectivity index is 1.77. The standard InChI is InChI=1S/C11H16N4O3S/c16-11-2-1-8-7-15(4-3-10(8)14-11)19(17,18)9-5-12-13-6-9/h5-6,8,10H,1-4,7H2,(H,12,13)(H,14,16). The fraction of sp³-hybridized carbons (Fsp3) is 0.636. The third-order valence-corrected chi connectivity index (χ3v) is 5.73. The molecule has 7 nitrogen and oxygen atoms in total. The van der Waals surface area contributed by atoms with E-state index in [9.17, 15) is 13.2 Å². The van der Waals surface area contributed by atoms with Crippen molar-refractivity contribution >= 4 is 15.9 Å². The third-order valence-electron chi connectivity index (χ3n) is 3.90. The van der Waals surface area contributed by atoms with Crippen LogP contribution < -0.4 is 5.32 Å². The van der Waals surface area contributed by atoms with E-state index in [1.165, 1.54) is 16.7 Å². The predicted molar refractivity (Wildman–Crippen MR) is 66.6 cm³/mol. The lowest BCUT2D eigenvalue weighted by Crippen LogP contribution is -2.54. The van der Waals surface area contributed by atoms with Crippen LogP contribution in [0.5, 0.6) is 0 Å². The van der Waals surface area contributed by atoms with E-state index in [1.54, 1.807) is 0 Å². The van der Waals surface area contributed by atoms with Crippen LogP contribution in [0, 0.1) is 5.92 Å². The Bertz CT molecular complexity index is 569. The molecule has 19 heavy (non-hydrogen) atoms. The van der Waals surface area contributed by atoms with Crippen LogP contribution in [0.15, 0.2) is 17.3 Å². The van der Waals surface area contributed by atoms with E-state index in [1.807, 2.05) is 0 Å². The maximum atomic E-state index is 12.4. The molecule has 0 aliphatic carbocycles. The number of carbonyl (C=O) groups excluding carboxylic acids is 1. The Morgan fingerprint density at radius 3 is 2.95 bits per heavy atom. The minimum atomic E-state index is -3.46. The van der Waals surface area contributed by atoms with Gasteiger partial charge in [-0.15, -0.1) is 0 Å². The molecule has 0 radical (unpaired) electrons. The Morgan fingerprint density at radius 2 is 2.21 bits per heavy atom. The Kier molecular flexibility index (Phi) is 3.06. The van der Waals surface area contributed by atoms with Crippen molar-refractivity contribution in [3.63, 3.8) is 0 Å². The van der Waals surface area contributed by atoms with Gasteiger partial charge in [-0.2, -0.15) is 9.40 Å². The summed E-state index contributed by atoms with van der Waals surface area (Å²) < 4.78 is 26.2. The zero-order valence-corrected chi connectivity index (χ0v) is 11.2. The van der Waals surface area contributed by atoms with Crippen molar-refractivity contribution in [1.82, 2.24) is 19.8 Å². The van der Waals surface area contributed by atoms with E-state index in [-0.39, 0.29) is 22.8 Å². The number of piperidine rings is 2. The number of carbonyl (C=O) groups is 1. The van der Waals surface area contributed by atoms with Crippen molar-refractivity contribution in [2.45, 2.75) is 30.2 Å². The average molecular weight is 284 g/mol. The molecule has 0 saturated carbocycles. The zero-order chi connectivity index (χ0) is 13.5. The van der Waals surface area contributed by atoms with E-state index in [2.05, 4.69) is 15.5 Å². The van der Waals surface area contributed by atoms with Crippen LogP contribution in [0.2, 0.25) is 0 Å². The van der Waals surface area contributed by atoms with Gasteiger partial charge in [0.05, 0.1) is 6.20 Å². The predicted octanol–water partition coefficient (Wildman–Crippen LogP) is -0.301. The molecule has 2 saturated heterocycles. The van der Waals surface area contributed by atoms with Crippen LogP contribution >= 0.6 is 0 Å². The van der Waals surface area contributed by atoms with E-state index in [4.69, 9.17) is 0 Å². The van der Waals surface area contributed by atoms with E-state index in [0.717, 1.165) is 6.42 Å². The smallest absolute Gasteiger partial charge is 0.246 e. The van der Waals surface area contributed by atoms with Crippen molar-refractivity contribution in [2.75, 3.05) is 13.1 Å². The van der Waals surface area contributed by atoms with Gasteiger partial charge in [-0.25, -0.2) is 8.42 Å². The van der Waals surface area contributed by atoms with Crippen LogP contribution in [0.25, 0.3) is 0 Å². The molecule has 0 bridgehead atoms. The van der Waals surface area contributed by atoms with Gasteiger partial charge in [-0.05, 0) is 18.8 Å². The van der Waals surface area contributed by atoms with Crippen LogP contribution in [-0.4, -0.2) is 48.0 Å². The first kappa shape index (κ1) is 12.6. The van der Waals surface area contributed by atoms with Gasteiger partial charge in [0, 0.05) is 31.7 Å². The van der Waals surface area contributed by atoms with Crippen molar-refractivity contribution in [3.05, 3.63) is 12.4 Å². The number of amides is 1. The highest BCUT2D eigenvalue weighted by molar-refractivity contribution is 7.89. The van der Waals surface area contributed by atoms with E-state index < -0.39 is 10.0 Å². The van der Waals surface area contributed by atoms with Crippen LogP contribution in [0.4, 0.5) is 0 Å². The summed E-state index contributed by atoms with van der Waals surface area (Å²) in [6, 6.07) is 0.122. The monoisotopic (exact) mass is 284 g/mol. The number of aromatic nitrogens is 2. The molecule has 1 amide bonds. The normalized spacial score (nSPS) is 28.7. The number of sulfonamides is 1. The first-order valence-corrected chi connectivity index (χ1v) is 7.79. The molecule has 104 valence electrons. The summed E-state index contributed by atoms with van der Waals surface area (Å²) >= 11 is 0. The minimum absolute atomic E-state index is 0.0763. The summed E-state index contributed by atoms with van der Waals surface area (Å²) in [5.41, 5.74) is 0. The second-order valence-corrected chi connectivity index (χ2v) is 7.00. The quantitative estimate of drug-likeness (QED) is 0.779. The number of aromatic amines is 1. The third kappa shape index (κ3) is 2.25. The summed E-state index contributed by atoms with van der Waals surface area (Å²) in [6.07, 6.45) is 4.64. The van der Waals surface area contributed by atoms with Crippen LogP contribution in [0.3, 0.4) is 0 Å². The van der Waals surface area contributed by atoms with Crippen molar-refractivity contribution in [1.29, 1.82) is 0 Å². The first-order chi connectivity index (χ1) is 9.07. The van der Waals surface area contributed by atoms with Gasteiger partial charge < -0.3 is 5.32 Å². The molecule has 2 N–H and O–H groups in total. The number of fused-ring (bicyclic) bond motifs is 1. The van der Waals surface area contributed by atoms with Crippen LogP contribution in [0.1, 0.15) is 19.3 Å². The highest BCUT2D eigenvalue weighted by atomic mass is 32.2. The molecular weight excluding hydrogens is 268 g/mol.